The van der Waals surface area contributed by atoms with Crippen molar-refractivity contribution >= 4 is 63.3 Å². The highest BCUT2D eigenvalue weighted by Crippen LogP contribution is 2.22. The Balaban J connectivity index is 1.61. The normalized spacial score (nSPS) is 13.0. The second-order valence-corrected chi connectivity index (χ2v) is 15.6. The number of hydrogen-bond acceptors (Lipinski definition) is 7. The van der Waals surface area contributed by atoms with Crippen LogP contribution >= 0.6 is 0 Å². The van der Waals surface area contributed by atoms with Gasteiger partial charge >= 0.3 is 0 Å². The summed E-state index contributed by atoms with van der Waals surface area (Å²) in [7, 11) is 0. The lowest BCUT2D eigenvalue weighted by Crippen LogP contribution is -2.59. The molecule has 4 atom stereocenters. The molecule has 2 aromatic carbocycles. The van der Waals surface area contributed by atoms with Gasteiger partial charge in [-0.25, -0.2) is 0 Å². The van der Waals surface area contributed by atoms with Gasteiger partial charge in [-0.05, 0) is 55.4 Å². The molecule has 0 saturated carbocycles. The molecule has 0 unspecified atom stereocenters. The number of hydrogen-bond donors (Lipinski definition) is 11. The summed E-state index contributed by atoms with van der Waals surface area (Å²) in [5.41, 5.74) is 30.8. The number of aromatic nitrogens is 2. The van der Waals surface area contributed by atoms with Crippen molar-refractivity contribution < 1.29 is 24.0 Å². The lowest BCUT2D eigenvalue weighted by atomic mass is 10.0. The highest BCUT2D eigenvalue weighted by atomic mass is 16.2. The van der Waals surface area contributed by atoms with Crippen LogP contribution in [0.4, 0.5) is 0 Å². The molecule has 5 amide bonds. The van der Waals surface area contributed by atoms with E-state index in [0.717, 1.165) is 65.0 Å². The van der Waals surface area contributed by atoms with E-state index >= 15 is 0 Å². The van der Waals surface area contributed by atoms with Crippen molar-refractivity contribution in [3.8, 4) is 0 Å². The van der Waals surface area contributed by atoms with E-state index in [1.165, 1.54) is 6.42 Å². The second-order valence-electron chi connectivity index (χ2n) is 15.6. The van der Waals surface area contributed by atoms with E-state index in [1.807, 2.05) is 48.5 Å². The molecule has 4 rings (SSSR count). The van der Waals surface area contributed by atoms with Crippen LogP contribution in [0.1, 0.15) is 95.1 Å². The average Bonchev–Trinajstić information content (AvgIpc) is 3.85. The largest absolute Gasteiger partial charge is 0.370 e. The molecule has 0 aliphatic heterocycles. The predicted molar refractivity (Wildman–Crippen MR) is 243 cm³/mol. The zero-order valence-corrected chi connectivity index (χ0v) is 35.7. The molecule has 2 heterocycles. The summed E-state index contributed by atoms with van der Waals surface area (Å²) < 4.78 is 0. The van der Waals surface area contributed by atoms with Crippen molar-refractivity contribution in [2.24, 2.45) is 38.7 Å². The lowest BCUT2D eigenvalue weighted by Gasteiger charge is -2.26. The number of H-pyrrole nitrogens is 2. The number of nitrogens with two attached hydrogens (primary N) is 5. The maximum absolute atomic E-state index is 14.6. The SMILES string of the molecule is CCCCCCCCCC(=O)N[C@@H](CCCN=C(N)N)C(=O)N[C@@H](Cc1c[nH]c2ccccc12)C(=O)N[C@@H](Cc1c[nH]c2ccccc12)C(=O)N[C@@H](CCCN=C(N)N)C(N)=O. The Kier molecular flexibility index (Phi) is 19.6. The minimum absolute atomic E-state index is 0.0247. The van der Waals surface area contributed by atoms with Gasteiger partial charge in [0.15, 0.2) is 11.9 Å². The summed E-state index contributed by atoms with van der Waals surface area (Å²) in [6, 6.07) is 10.5. The summed E-state index contributed by atoms with van der Waals surface area (Å²) >= 11 is 0. The molecular formula is C44H65N13O5. The number of nitrogens with one attached hydrogen (secondary N) is 6. The molecule has 18 nitrogen and oxygen atoms in total. The molecule has 0 saturated heterocycles. The van der Waals surface area contributed by atoms with E-state index in [-0.39, 0.29) is 63.0 Å². The van der Waals surface area contributed by atoms with Crippen LogP contribution in [0.25, 0.3) is 21.8 Å². The summed E-state index contributed by atoms with van der Waals surface area (Å²) in [5.74, 6) is -3.18. The van der Waals surface area contributed by atoms with Crippen LogP contribution in [0.3, 0.4) is 0 Å². The zero-order chi connectivity index (χ0) is 44.9. The smallest absolute Gasteiger partial charge is 0.243 e. The first-order chi connectivity index (χ1) is 29.9. The third-order valence-corrected chi connectivity index (χ3v) is 10.7. The number of para-hydroxylation sites is 2. The highest BCUT2D eigenvalue weighted by molar-refractivity contribution is 5.96. The van der Waals surface area contributed by atoms with Gasteiger partial charge < -0.3 is 59.9 Å². The molecule has 18 heteroatoms. The summed E-state index contributed by atoms with van der Waals surface area (Å²) in [4.78, 5) is 83.1. The molecule has 0 fully saturated rings. The van der Waals surface area contributed by atoms with Crippen LogP contribution in [-0.2, 0) is 36.8 Å². The molecule has 0 spiro atoms. The number of rotatable bonds is 28. The van der Waals surface area contributed by atoms with E-state index in [0.29, 0.717) is 19.3 Å². The standard InChI is InChI=1S/C44H65N13O5/c1-2-3-4-5-6-7-8-21-38(58)54-35(20-14-23-51-44(48)49)40(60)56-37(25-29-27-53-33-18-12-10-16-31(29)33)42(62)57-36(24-28-26-52-32-17-11-9-15-30(28)32)41(61)55-34(39(45)59)19-13-22-50-43(46)47/h9-12,15-18,26-27,34-37,52-53H,2-8,13-14,19-25H2,1H3,(H2,45,59)(H,54,58)(H,55,61)(H,56,60)(H,57,62)(H4,46,47,50)(H4,48,49,51)/t34-,35-,36-,37-/m0/s1. The number of amides is 5. The van der Waals surface area contributed by atoms with Gasteiger partial charge in [0.2, 0.25) is 29.5 Å². The quantitative estimate of drug-likeness (QED) is 0.0226. The number of carbonyl (C=O) groups excluding carboxylic acids is 5. The first kappa shape index (κ1) is 48.1. The molecule has 4 aromatic rings. The van der Waals surface area contributed by atoms with Gasteiger partial charge in [-0.2, -0.15) is 0 Å². The number of benzene rings is 2. The van der Waals surface area contributed by atoms with Crippen molar-refractivity contribution in [2.75, 3.05) is 13.1 Å². The molecule has 2 aromatic heterocycles. The van der Waals surface area contributed by atoms with Crippen molar-refractivity contribution in [1.29, 1.82) is 0 Å². The fraction of sp³-hybridized carbons (Fsp3) is 0.477. The third-order valence-electron chi connectivity index (χ3n) is 10.7. The van der Waals surface area contributed by atoms with Gasteiger partial charge in [-0.15, -0.1) is 0 Å². The average molecular weight is 856 g/mol. The number of aliphatic imine (C=N–C) groups is 2. The number of unbranched alkanes of at least 4 members (excludes halogenated alkanes) is 6. The van der Waals surface area contributed by atoms with Gasteiger partial charge in [0, 0.05) is 66.6 Å². The number of aromatic amines is 2. The molecular weight excluding hydrogens is 791 g/mol. The Hall–Kier alpha value is -6.59. The Labute approximate surface area is 362 Å². The minimum Gasteiger partial charge on any atom is -0.370 e. The van der Waals surface area contributed by atoms with E-state index in [9.17, 15) is 24.0 Å². The van der Waals surface area contributed by atoms with Gasteiger partial charge in [-0.1, -0.05) is 81.8 Å². The minimum atomic E-state index is -1.22. The summed E-state index contributed by atoms with van der Waals surface area (Å²) in [6.07, 6.45) is 12.1. The predicted octanol–water partition coefficient (Wildman–Crippen LogP) is 2.11. The van der Waals surface area contributed by atoms with E-state index in [4.69, 9.17) is 28.7 Å². The maximum Gasteiger partial charge on any atom is 0.243 e. The van der Waals surface area contributed by atoms with E-state index in [2.05, 4.69) is 48.1 Å². The number of nitrogens with zero attached hydrogens (tertiary/aromatic N) is 2. The number of primary amides is 1. The monoisotopic (exact) mass is 856 g/mol. The van der Waals surface area contributed by atoms with Crippen molar-refractivity contribution in [2.45, 2.75) is 121 Å². The van der Waals surface area contributed by atoms with Crippen LogP contribution in [0, 0.1) is 0 Å². The van der Waals surface area contributed by atoms with Crippen molar-refractivity contribution in [3.63, 3.8) is 0 Å². The number of guanidine groups is 2. The van der Waals surface area contributed by atoms with Gasteiger partial charge in [0.25, 0.3) is 0 Å². The molecule has 0 aliphatic rings. The summed E-state index contributed by atoms with van der Waals surface area (Å²) in [5, 5.41) is 13.0. The van der Waals surface area contributed by atoms with Crippen LogP contribution < -0.4 is 49.9 Å². The Bertz CT molecular complexity index is 2140. The number of carbonyl (C=O) groups is 5. The fourth-order valence-corrected chi connectivity index (χ4v) is 7.35. The first-order valence-corrected chi connectivity index (χ1v) is 21.6. The van der Waals surface area contributed by atoms with Gasteiger partial charge in [-0.3, -0.25) is 34.0 Å². The maximum atomic E-state index is 14.6. The Morgan fingerprint density at radius 2 is 0.984 bits per heavy atom. The lowest BCUT2D eigenvalue weighted by molar-refractivity contribution is -0.134. The molecule has 16 N–H and O–H groups in total. The highest BCUT2D eigenvalue weighted by Gasteiger charge is 2.32. The molecule has 62 heavy (non-hydrogen) atoms. The third kappa shape index (κ3) is 15.8. The van der Waals surface area contributed by atoms with Crippen LogP contribution in [0.15, 0.2) is 70.9 Å². The Morgan fingerprint density at radius 3 is 1.47 bits per heavy atom. The van der Waals surface area contributed by atoms with Crippen molar-refractivity contribution in [1.82, 2.24) is 31.2 Å². The van der Waals surface area contributed by atoms with Gasteiger partial charge in [0.05, 0.1) is 0 Å². The van der Waals surface area contributed by atoms with Gasteiger partial charge in [0.1, 0.15) is 24.2 Å². The second kappa shape index (κ2) is 25.2. The molecule has 0 bridgehead atoms. The fourth-order valence-electron chi connectivity index (χ4n) is 7.35. The van der Waals surface area contributed by atoms with E-state index in [1.54, 1.807) is 12.4 Å². The van der Waals surface area contributed by atoms with E-state index < -0.39 is 47.8 Å². The topological polar surface area (TPSA) is 320 Å². The molecule has 0 aliphatic carbocycles. The van der Waals surface area contributed by atoms with Crippen LogP contribution in [-0.4, -0.2) is 88.7 Å². The number of fused-ring (bicyclic) bond motifs is 2. The van der Waals surface area contributed by atoms with Crippen LogP contribution in [0.5, 0.6) is 0 Å². The van der Waals surface area contributed by atoms with Crippen molar-refractivity contribution in [3.05, 3.63) is 72.1 Å². The Morgan fingerprint density at radius 1 is 0.548 bits per heavy atom. The molecule has 336 valence electrons. The first-order valence-electron chi connectivity index (χ1n) is 21.6. The van der Waals surface area contributed by atoms with Crippen LogP contribution in [0.2, 0.25) is 0 Å². The summed E-state index contributed by atoms with van der Waals surface area (Å²) in [6.45, 7) is 2.60. The zero-order valence-electron chi connectivity index (χ0n) is 35.7. The molecule has 0 radical (unpaired) electrons.